The Morgan fingerprint density at radius 1 is 0.362 bits per heavy atom. The summed E-state index contributed by atoms with van der Waals surface area (Å²) in [6.07, 6.45) is 44.8. The van der Waals surface area contributed by atoms with Crippen molar-refractivity contribution >= 4 is 32.7 Å². The van der Waals surface area contributed by atoms with Gasteiger partial charge in [-0.15, -0.1) is 0 Å². The monoisotopic (exact) mass is 859 g/mol. The molecule has 0 N–H and O–H groups in total. The van der Waals surface area contributed by atoms with Crippen LogP contribution in [-0.4, -0.2) is 38.4 Å². The average Bonchev–Trinajstić information content (AvgIpc) is 3.21. The summed E-state index contributed by atoms with van der Waals surface area (Å²) >= 11 is 3.77. The Morgan fingerprint density at radius 2 is 0.534 bits per heavy atom. The number of hydrogen-bond donors (Lipinski definition) is 1. The zero-order valence-corrected chi connectivity index (χ0v) is 39.6. The van der Waals surface area contributed by atoms with Crippen LogP contribution in [0.15, 0.2) is 24.3 Å². The highest BCUT2D eigenvalue weighted by Gasteiger charge is 2.25. The normalized spacial score (nSPS) is 11.6. The van der Waals surface area contributed by atoms with Gasteiger partial charge in [0.2, 0.25) is 0 Å². The van der Waals surface area contributed by atoms with Gasteiger partial charge < -0.3 is 9.47 Å². The number of thiol groups is 1. The minimum absolute atomic E-state index is 0.271. The van der Waals surface area contributed by atoms with Crippen molar-refractivity contribution in [2.75, 3.05) is 26.4 Å². The van der Waals surface area contributed by atoms with Gasteiger partial charge in [-0.25, -0.2) is 18.1 Å². The van der Waals surface area contributed by atoms with Gasteiger partial charge >= 0.3 is 19.8 Å². The van der Waals surface area contributed by atoms with E-state index in [1.165, 1.54) is 180 Å². The zero-order chi connectivity index (χ0) is 42.6. The molecule has 0 aliphatic rings. The van der Waals surface area contributed by atoms with Crippen molar-refractivity contribution in [3.8, 4) is 0 Å². The molecule has 0 heterocycles. The number of phosphoric acid groups is 1. The lowest BCUT2D eigenvalue weighted by Gasteiger charge is -2.15. The first-order chi connectivity index (χ1) is 28.2. The molecule has 0 bridgehead atoms. The predicted octanol–water partition coefficient (Wildman–Crippen LogP) is 16.3. The molecule has 0 radical (unpaired) electrons. The molecule has 342 valence electrons. The van der Waals surface area contributed by atoms with Gasteiger partial charge in [-0.1, -0.05) is 219 Å². The van der Waals surface area contributed by atoms with Crippen LogP contribution in [0.3, 0.4) is 0 Å². The van der Waals surface area contributed by atoms with Crippen molar-refractivity contribution in [3.05, 3.63) is 24.3 Å². The van der Waals surface area contributed by atoms with E-state index in [1.54, 1.807) is 13.8 Å². The van der Waals surface area contributed by atoms with Crippen LogP contribution >= 0.6 is 20.7 Å². The van der Waals surface area contributed by atoms with Crippen LogP contribution in [0, 0.1) is 0 Å². The second-order valence-electron chi connectivity index (χ2n) is 16.8. The third kappa shape index (κ3) is 41.6. The van der Waals surface area contributed by atoms with Gasteiger partial charge in [0.05, 0.1) is 26.4 Å². The Bertz CT molecular complexity index is 948. The molecule has 8 nitrogen and oxygen atoms in total. The van der Waals surface area contributed by atoms with E-state index in [-0.39, 0.29) is 11.9 Å². The number of ether oxygens (including phenoxy) is 2. The van der Waals surface area contributed by atoms with E-state index in [4.69, 9.17) is 22.5 Å². The Morgan fingerprint density at radius 3 is 0.707 bits per heavy atom. The third-order valence-corrected chi connectivity index (χ3v) is 12.6. The fraction of sp³-hybridized carbons (Fsp3) is 0.875. The van der Waals surface area contributed by atoms with Crippen LogP contribution in [-0.2, 0) is 36.6 Å². The van der Waals surface area contributed by atoms with Crippen molar-refractivity contribution in [3.63, 3.8) is 0 Å². The lowest BCUT2D eigenvalue weighted by Crippen LogP contribution is -2.05. The molecule has 0 rings (SSSR count). The van der Waals surface area contributed by atoms with Crippen molar-refractivity contribution in [2.45, 2.75) is 245 Å². The Kier molecular flexibility index (Phi) is 43.1. The van der Waals surface area contributed by atoms with Crippen LogP contribution in [0.5, 0.6) is 0 Å². The number of esters is 2. The molecule has 0 amide bonds. The van der Waals surface area contributed by atoms with Crippen LogP contribution in [0.2, 0.25) is 0 Å². The highest BCUT2D eigenvalue weighted by atomic mass is 32.1. The minimum Gasteiger partial charge on any atom is -0.462 e. The molecule has 0 aliphatic heterocycles. The molecule has 0 aromatic carbocycles. The lowest BCUT2D eigenvalue weighted by atomic mass is 10.0. The molecule has 0 aliphatic carbocycles. The molecule has 0 saturated carbocycles. The number of carbonyl (C=O) groups is 2. The molecule has 0 aromatic rings. The summed E-state index contributed by atoms with van der Waals surface area (Å²) in [6, 6.07) is 0. The summed E-state index contributed by atoms with van der Waals surface area (Å²) in [4.78, 5) is 22.7. The summed E-state index contributed by atoms with van der Waals surface area (Å²) in [6.45, 7) is 12.4. The summed E-state index contributed by atoms with van der Waals surface area (Å²) in [5.41, 5.74) is 0.951. The van der Waals surface area contributed by atoms with Gasteiger partial charge in [-0.2, -0.15) is 0 Å². The van der Waals surface area contributed by atoms with Gasteiger partial charge in [0.25, 0.3) is 0 Å². The van der Waals surface area contributed by atoms with E-state index in [1.807, 2.05) is 0 Å². The van der Waals surface area contributed by atoms with Gasteiger partial charge in [0, 0.05) is 11.1 Å². The Hall–Kier alpha value is -1.12. The molecular formula is C48H91O8PS. The third-order valence-electron chi connectivity index (χ3n) is 10.8. The maximum absolute atomic E-state index is 12.7. The van der Waals surface area contributed by atoms with Crippen LogP contribution < -0.4 is 0 Å². The predicted molar refractivity (Wildman–Crippen MR) is 247 cm³/mol. The van der Waals surface area contributed by atoms with E-state index in [9.17, 15) is 14.2 Å². The number of unbranched alkanes of at least 4 members (excludes halogenated alkanes) is 34. The number of rotatable bonds is 47. The first kappa shape index (κ1) is 56.9. The van der Waals surface area contributed by atoms with Crippen LogP contribution in [0.1, 0.15) is 245 Å². The van der Waals surface area contributed by atoms with Gasteiger partial charge in [0.15, 0.2) is 0 Å². The van der Waals surface area contributed by atoms with Gasteiger partial charge in [0.1, 0.15) is 0 Å². The highest BCUT2D eigenvalue weighted by Crippen LogP contribution is 2.50. The molecule has 0 saturated heterocycles. The van der Waals surface area contributed by atoms with Crippen molar-refractivity contribution in [2.24, 2.45) is 0 Å². The second-order valence-corrected chi connectivity index (χ2v) is 18.8. The molecule has 0 spiro atoms. The van der Waals surface area contributed by atoms with E-state index >= 15 is 0 Å². The molecule has 0 atom stereocenters. The number of carbonyl (C=O) groups excluding carboxylic acids is 2. The largest absolute Gasteiger partial charge is 0.485 e. The molecule has 0 unspecified atom stereocenters. The van der Waals surface area contributed by atoms with Crippen LogP contribution in [0.4, 0.5) is 0 Å². The molecular weight excluding hydrogens is 768 g/mol. The molecule has 0 fully saturated rings. The molecule has 0 aromatic heterocycles. The maximum atomic E-state index is 12.7. The Balaban J connectivity index is 3.36. The summed E-state index contributed by atoms with van der Waals surface area (Å²) in [5.74, 6) is -0.543. The fourth-order valence-electron chi connectivity index (χ4n) is 7.08. The quantitative estimate of drug-likeness (QED) is 0.0161. The molecule has 10 heteroatoms. The molecule has 58 heavy (non-hydrogen) atoms. The van der Waals surface area contributed by atoms with Gasteiger partial charge in [-0.3, -0.25) is 9.05 Å². The summed E-state index contributed by atoms with van der Waals surface area (Å²) in [5, 5.41) is 0. The smallest absolute Gasteiger partial charge is 0.462 e. The highest BCUT2D eigenvalue weighted by molar-refractivity contribution is 7.80. The Labute approximate surface area is 363 Å². The first-order valence-corrected chi connectivity index (χ1v) is 25.9. The van der Waals surface area contributed by atoms with E-state index in [2.05, 4.69) is 26.1 Å². The summed E-state index contributed by atoms with van der Waals surface area (Å²) in [7, 11) is -3.56. The minimum atomic E-state index is -3.56. The average molecular weight is 859 g/mol. The zero-order valence-electron chi connectivity index (χ0n) is 37.9. The standard InChI is InChI=1S/C48H91O8PS/c1-45(2)47(49)52-41-37-33-29-25-21-17-13-9-5-7-11-15-19-23-27-31-35-39-43-54-57(51,56-58)55-44-40-36-32-28-24-20-16-12-8-6-10-14-18-22-26-30-34-38-42-53-48(50)46(3)4/h58H,1,3,5-44H2,2,4H3. The van der Waals surface area contributed by atoms with E-state index in [0.29, 0.717) is 37.6 Å². The number of hydrogen-bond acceptors (Lipinski definition) is 9. The van der Waals surface area contributed by atoms with E-state index in [0.717, 1.165) is 51.4 Å². The van der Waals surface area contributed by atoms with Crippen molar-refractivity contribution in [1.82, 2.24) is 0 Å². The van der Waals surface area contributed by atoms with Gasteiger partial charge in [-0.05, 0) is 52.4 Å². The topological polar surface area (TPSA) is 97.4 Å². The van der Waals surface area contributed by atoms with Crippen LogP contribution in [0.25, 0.3) is 0 Å². The van der Waals surface area contributed by atoms with Crippen molar-refractivity contribution in [1.29, 1.82) is 0 Å². The van der Waals surface area contributed by atoms with E-state index < -0.39 is 7.82 Å². The fourth-order valence-corrected chi connectivity index (χ4v) is 8.24. The maximum Gasteiger partial charge on any atom is 0.485 e. The summed E-state index contributed by atoms with van der Waals surface area (Å²) < 4.78 is 38.7. The first-order valence-electron chi connectivity index (χ1n) is 24.1. The lowest BCUT2D eigenvalue weighted by molar-refractivity contribution is -0.139. The SMILES string of the molecule is C=C(C)C(=O)OCCCCCCCCCCCCCCCCCCCCOP(=O)(OS)OCCCCCCCCCCCCCCCCCCCCOC(=O)C(=C)C. The number of phosphoric ester groups is 1. The second kappa shape index (κ2) is 44.0. The van der Waals surface area contributed by atoms with Crippen molar-refractivity contribution < 1.29 is 36.6 Å².